The molecule has 2 N–H and O–H groups in total. The number of nitrogens with zero attached hydrogens (tertiary/aromatic N) is 2. The maximum atomic E-state index is 12.5. The van der Waals surface area contributed by atoms with Crippen molar-refractivity contribution in [2.24, 2.45) is 5.41 Å². The van der Waals surface area contributed by atoms with Crippen LogP contribution >= 0.6 is 0 Å². The van der Waals surface area contributed by atoms with Gasteiger partial charge >= 0.3 is 5.97 Å². The fourth-order valence-corrected chi connectivity index (χ4v) is 2.21. The normalized spacial score (nSPS) is 19.1. The number of imidazole rings is 1. The summed E-state index contributed by atoms with van der Waals surface area (Å²) in [5, 5.41) is 9.33. The van der Waals surface area contributed by atoms with E-state index in [1.165, 1.54) is 4.90 Å². The fourth-order valence-electron chi connectivity index (χ4n) is 2.21. The predicted octanol–water partition coefficient (Wildman–Crippen LogP) is 1.18. The highest BCUT2D eigenvalue weighted by Crippen LogP contribution is 2.29. The second kappa shape index (κ2) is 4.68. The number of hydrogen-bond acceptors (Lipinski definition) is 3. The predicted molar refractivity (Wildman–Crippen MR) is 68.3 cm³/mol. The van der Waals surface area contributed by atoms with Crippen LogP contribution in [0, 0.1) is 5.41 Å². The van der Waals surface area contributed by atoms with Crippen molar-refractivity contribution < 1.29 is 14.7 Å². The van der Waals surface area contributed by atoms with E-state index in [1.54, 1.807) is 6.33 Å². The van der Waals surface area contributed by atoms with E-state index >= 15 is 0 Å². The first-order chi connectivity index (χ1) is 8.86. The second-order valence-corrected chi connectivity index (χ2v) is 5.56. The van der Waals surface area contributed by atoms with Crippen LogP contribution in [0.5, 0.6) is 0 Å². The SMILES string of the molecule is CCC(C)(C)C(=O)N1Cc2[nH]cnc2CC1C(=O)O. The topological polar surface area (TPSA) is 86.3 Å². The highest BCUT2D eigenvalue weighted by molar-refractivity contribution is 5.87. The van der Waals surface area contributed by atoms with E-state index in [0.29, 0.717) is 6.42 Å². The summed E-state index contributed by atoms with van der Waals surface area (Å²) >= 11 is 0. The molecule has 1 aliphatic heterocycles. The number of aromatic amines is 1. The van der Waals surface area contributed by atoms with Crippen LogP contribution in [0.2, 0.25) is 0 Å². The molecule has 2 rings (SSSR count). The Labute approximate surface area is 111 Å². The van der Waals surface area contributed by atoms with E-state index in [9.17, 15) is 14.7 Å². The van der Waals surface area contributed by atoms with Crippen LogP contribution in [-0.4, -0.2) is 37.9 Å². The number of hydrogen-bond donors (Lipinski definition) is 2. The zero-order chi connectivity index (χ0) is 14.2. The molecule has 0 aliphatic carbocycles. The summed E-state index contributed by atoms with van der Waals surface area (Å²) in [6.45, 7) is 5.90. The molecule has 1 aromatic heterocycles. The molecule has 0 bridgehead atoms. The highest BCUT2D eigenvalue weighted by Gasteiger charge is 2.40. The van der Waals surface area contributed by atoms with E-state index in [2.05, 4.69) is 9.97 Å². The van der Waals surface area contributed by atoms with Gasteiger partial charge in [-0.15, -0.1) is 0 Å². The molecule has 1 aromatic rings. The largest absolute Gasteiger partial charge is 0.480 e. The lowest BCUT2D eigenvalue weighted by atomic mass is 9.87. The summed E-state index contributed by atoms with van der Waals surface area (Å²) in [6.07, 6.45) is 2.48. The van der Waals surface area contributed by atoms with Crippen LogP contribution < -0.4 is 0 Å². The van der Waals surface area contributed by atoms with Gasteiger partial charge in [0, 0.05) is 11.8 Å². The number of carbonyl (C=O) groups is 2. The number of nitrogens with one attached hydrogen (secondary N) is 1. The summed E-state index contributed by atoms with van der Waals surface area (Å²) < 4.78 is 0. The molecule has 1 aliphatic rings. The number of amides is 1. The molecular formula is C13H19N3O3. The number of carboxylic acid groups (broad SMARTS) is 1. The van der Waals surface area contributed by atoms with Crippen molar-refractivity contribution in [3.63, 3.8) is 0 Å². The van der Waals surface area contributed by atoms with Crippen molar-refractivity contribution in [1.82, 2.24) is 14.9 Å². The summed E-state index contributed by atoms with van der Waals surface area (Å²) in [5.41, 5.74) is 1.02. The lowest BCUT2D eigenvalue weighted by Crippen LogP contribution is -2.52. The summed E-state index contributed by atoms with van der Waals surface area (Å²) in [4.78, 5) is 32.4. The number of aliphatic carboxylic acids is 1. The van der Waals surface area contributed by atoms with Gasteiger partial charge in [-0.2, -0.15) is 0 Å². The van der Waals surface area contributed by atoms with E-state index < -0.39 is 17.4 Å². The maximum Gasteiger partial charge on any atom is 0.326 e. The quantitative estimate of drug-likeness (QED) is 0.859. The zero-order valence-electron chi connectivity index (χ0n) is 11.4. The first-order valence-corrected chi connectivity index (χ1v) is 6.42. The van der Waals surface area contributed by atoms with Gasteiger partial charge in [0.25, 0.3) is 0 Å². The van der Waals surface area contributed by atoms with Crippen LogP contribution in [0.3, 0.4) is 0 Å². The number of fused-ring (bicyclic) bond motifs is 1. The molecule has 0 aromatic carbocycles. The first-order valence-electron chi connectivity index (χ1n) is 6.42. The Morgan fingerprint density at radius 2 is 2.26 bits per heavy atom. The Kier molecular flexibility index (Phi) is 3.34. The van der Waals surface area contributed by atoms with Gasteiger partial charge in [0.1, 0.15) is 6.04 Å². The van der Waals surface area contributed by atoms with Gasteiger partial charge in [0.05, 0.1) is 24.3 Å². The fraction of sp³-hybridized carbons (Fsp3) is 0.615. The average molecular weight is 265 g/mol. The number of rotatable bonds is 3. The van der Waals surface area contributed by atoms with Crippen molar-refractivity contribution in [2.45, 2.75) is 46.2 Å². The minimum Gasteiger partial charge on any atom is -0.480 e. The molecule has 1 unspecified atom stereocenters. The Balaban J connectivity index is 2.33. The molecule has 19 heavy (non-hydrogen) atoms. The van der Waals surface area contributed by atoms with Gasteiger partial charge in [0.15, 0.2) is 0 Å². The smallest absolute Gasteiger partial charge is 0.326 e. The lowest BCUT2D eigenvalue weighted by Gasteiger charge is -2.37. The molecule has 6 nitrogen and oxygen atoms in total. The summed E-state index contributed by atoms with van der Waals surface area (Å²) in [7, 11) is 0. The molecule has 2 heterocycles. The van der Waals surface area contributed by atoms with Gasteiger partial charge in [-0.3, -0.25) is 4.79 Å². The standard InChI is InChI=1S/C13H19N3O3/c1-4-13(2,3)12(19)16-6-9-8(14-7-15-9)5-10(16)11(17)18/h7,10H,4-6H2,1-3H3,(H,14,15)(H,17,18). The number of carboxylic acids is 1. The molecule has 1 atom stereocenters. The molecule has 0 fully saturated rings. The maximum absolute atomic E-state index is 12.5. The third kappa shape index (κ3) is 2.34. The second-order valence-electron chi connectivity index (χ2n) is 5.56. The van der Waals surface area contributed by atoms with Crippen LogP contribution in [0.4, 0.5) is 0 Å². The van der Waals surface area contributed by atoms with Crippen molar-refractivity contribution in [2.75, 3.05) is 0 Å². The van der Waals surface area contributed by atoms with Gasteiger partial charge in [-0.1, -0.05) is 20.8 Å². The molecule has 6 heteroatoms. The van der Waals surface area contributed by atoms with Gasteiger partial charge in [-0.05, 0) is 6.42 Å². The van der Waals surface area contributed by atoms with Crippen LogP contribution in [-0.2, 0) is 22.6 Å². The van der Waals surface area contributed by atoms with E-state index in [0.717, 1.165) is 11.4 Å². The van der Waals surface area contributed by atoms with E-state index in [-0.39, 0.29) is 18.9 Å². The van der Waals surface area contributed by atoms with Crippen LogP contribution in [0.25, 0.3) is 0 Å². The Morgan fingerprint density at radius 3 is 2.84 bits per heavy atom. The number of aromatic nitrogens is 2. The number of carbonyl (C=O) groups excluding carboxylic acids is 1. The summed E-state index contributed by atoms with van der Waals surface area (Å²) in [5.74, 6) is -1.10. The van der Waals surface area contributed by atoms with Crippen molar-refractivity contribution in [1.29, 1.82) is 0 Å². The highest BCUT2D eigenvalue weighted by atomic mass is 16.4. The van der Waals surface area contributed by atoms with Gasteiger partial charge in [-0.25, -0.2) is 9.78 Å². The molecule has 104 valence electrons. The number of H-pyrrole nitrogens is 1. The zero-order valence-corrected chi connectivity index (χ0v) is 11.4. The van der Waals surface area contributed by atoms with Crippen LogP contribution in [0.1, 0.15) is 38.6 Å². The van der Waals surface area contributed by atoms with Crippen LogP contribution in [0.15, 0.2) is 6.33 Å². The molecular weight excluding hydrogens is 246 g/mol. The summed E-state index contributed by atoms with van der Waals surface area (Å²) in [6, 6.07) is -0.825. The van der Waals surface area contributed by atoms with Crippen molar-refractivity contribution >= 4 is 11.9 Å². The monoisotopic (exact) mass is 265 g/mol. The molecule has 0 saturated carbocycles. The molecule has 0 saturated heterocycles. The van der Waals surface area contributed by atoms with Crippen molar-refractivity contribution in [3.05, 3.63) is 17.7 Å². The minimum absolute atomic E-state index is 0.123. The minimum atomic E-state index is -0.978. The van der Waals surface area contributed by atoms with E-state index in [4.69, 9.17) is 0 Å². The Morgan fingerprint density at radius 1 is 1.58 bits per heavy atom. The first kappa shape index (κ1) is 13.6. The molecule has 0 spiro atoms. The van der Waals surface area contributed by atoms with Gasteiger partial charge < -0.3 is 15.0 Å². The molecule has 0 radical (unpaired) electrons. The third-order valence-electron chi connectivity index (χ3n) is 3.91. The van der Waals surface area contributed by atoms with Gasteiger partial charge in [0.2, 0.25) is 5.91 Å². The molecule has 1 amide bonds. The van der Waals surface area contributed by atoms with E-state index in [1.807, 2.05) is 20.8 Å². The van der Waals surface area contributed by atoms with Crippen molar-refractivity contribution in [3.8, 4) is 0 Å². The lowest BCUT2D eigenvalue weighted by molar-refractivity contribution is -0.156. The Bertz CT molecular complexity index is 507. The Hall–Kier alpha value is -1.85. The average Bonchev–Trinajstić information content (AvgIpc) is 2.83. The third-order valence-corrected chi connectivity index (χ3v) is 3.91.